The Kier molecular flexibility index (Phi) is 4.25. The number of fused-ring (bicyclic) bond motifs is 1. The normalized spacial score (nSPS) is 29.1. The molecule has 1 aromatic heterocycles. The average molecular weight is 337 g/mol. The van der Waals surface area contributed by atoms with E-state index in [2.05, 4.69) is 9.97 Å². The highest BCUT2D eigenvalue weighted by atomic mass is 16.3. The lowest BCUT2D eigenvalue weighted by molar-refractivity contribution is -0.110. The molecule has 1 amide bonds. The van der Waals surface area contributed by atoms with Gasteiger partial charge in [0.1, 0.15) is 0 Å². The molecule has 4 rings (SSSR count). The lowest BCUT2D eigenvalue weighted by atomic mass is 9.66. The fourth-order valence-electron chi connectivity index (χ4n) is 4.56. The molecule has 3 atom stereocenters. The van der Waals surface area contributed by atoms with Crippen LogP contribution in [0.25, 0.3) is 0 Å². The smallest absolute Gasteiger partial charge is 0.291 e. The zero-order valence-corrected chi connectivity index (χ0v) is 14.2. The number of nitrogens with zero attached hydrogens (tertiary/aromatic N) is 3. The number of piperidine rings is 1. The summed E-state index contributed by atoms with van der Waals surface area (Å²) in [6, 6.07) is 11.7. The third kappa shape index (κ3) is 2.82. The van der Waals surface area contributed by atoms with Crippen LogP contribution in [0.3, 0.4) is 0 Å². The van der Waals surface area contributed by atoms with Gasteiger partial charge in [-0.25, -0.2) is 9.97 Å². The quantitative estimate of drug-likeness (QED) is 0.915. The molecule has 2 heterocycles. The molecule has 5 heteroatoms. The number of aromatic nitrogens is 2. The Hall–Kier alpha value is -2.27. The van der Waals surface area contributed by atoms with Crippen molar-refractivity contribution in [2.24, 2.45) is 5.92 Å². The Labute approximate surface area is 147 Å². The molecule has 1 N–H and O–H groups in total. The van der Waals surface area contributed by atoms with Crippen LogP contribution in [-0.2, 0) is 5.60 Å². The van der Waals surface area contributed by atoms with E-state index in [4.69, 9.17) is 0 Å². The SMILES string of the molecule is O=C(c1ncccn1)N1CC[C@@](O)(c2ccccc2)[C@H]2CCCCC21. The minimum absolute atomic E-state index is 0.0454. The maximum absolute atomic E-state index is 12.9. The number of aliphatic hydroxyl groups is 1. The second kappa shape index (κ2) is 6.56. The van der Waals surface area contributed by atoms with Crippen LogP contribution in [0.15, 0.2) is 48.8 Å². The summed E-state index contributed by atoms with van der Waals surface area (Å²) < 4.78 is 0. The van der Waals surface area contributed by atoms with E-state index >= 15 is 0 Å². The van der Waals surface area contributed by atoms with Gasteiger partial charge in [-0.05, 0) is 30.9 Å². The molecule has 2 aliphatic rings. The number of rotatable bonds is 2. The number of hydrogen-bond donors (Lipinski definition) is 1. The summed E-state index contributed by atoms with van der Waals surface area (Å²) in [5, 5.41) is 11.5. The maximum atomic E-state index is 12.9. The van der Waals surface area contributed by atoms with E-state index in [9.17, 15) is 9.90 Å². The maximum Gasteiger partial charge on any atom is 0.291 e. The van der Waals surface area contributed by atoms with Crippen molar-refractivity contribution < 1.29 is 9.90 Å². The molecule has 1 saturated heterocycles. The molecule has 1 saturated carbocycles. The van der Waals surface area contributed by atoms with Gasteiger partial charge < -0.3 is 10.0 Å². The summed E-state index contributed by atoms with van der Waals surface area (Å²) in [6.07, 6.45) is 7.81. The highest BCUT2D eigenvalue weighted by Gasteiger charge is 2.50. The van der Waals surface area contributed by atoms with Crippen LogP contribution in [0, 0.1) is 5.92 Å². The molecule has 25 heavy (non-hydrogen) atoms. The van der Waals surface area contributed by atoms with E-state index < -0.39 is 5.60 Å². The number of likely N-dealkylation sites (tertiary alicyclic amines) is 1. The van der Waals surface area contributed by atoms with Gasteiger partial charge in [0, 0.05) is 30.9 Å². The number of carbonyl (C=O) groups excluding carboxylic acids is 1. The summed E-state index contributed by atoms with van der Waals surface area (Å²) in [5.74, 6) is 0.189. The fourth-order valence-corrected chi connectivity index (χ4v) is 4.56. The molecule has 0 radical (unpaired) electrons. The van der Waals surface area contributed by atoms with Crippen molar-refractivity contribution in [3.8, 4) is 0 Å². The van der Waals surface area contributed by atoms with Gasteiger partial charge in [0.15, 0.2) is 0 Å². The van der Waals surface area contributed by atoms with Gasteiger partial charge in [-0.15, -0.1) is 0 Å². The number of amides is 1. The summed E-state index contributed by atoms with van der Waals surface area (Å²) in [4.78, 5) is 23.1. The van der Waals surface area contributed by atoms with Crippen molar-refractivity contribution in [3.05, 3.63) is 60.2 Å². The van der Waals surface area contributed by atoms with Crippen molar-refractivity contribution in [2.45, 2.75) is 43.7 Å². The third-order valence-electron chi connectivity index (χ3n) is 5.77. The predicted octanol–water partition coefficient (Wildman–Crippen LogP) is 2.77. The molecule has 0 spiro atoms. The second-order valence-electron chi connectivity index (χ2n) is 7.07. The first-order valence-corrected chi connectivity index (χ1v) is 9.06. The lowest BCUT2D eigenvalue weighted by Gasteiger charge is -2.52. The van der Waals surface area contributed by atoms with E-state index in [1.165, 1.54) is 0 Å². The first-order chi connectivity index (χ1) is 12.2. The fraction of sp³-hybridized carbons (Fsp3) is 0.450. The molecule has 130 valence electrons. The molecular formula is C20H23N3O2. The molecule has 0 bridgehead atoms. The van der Waals surface area contributed by atoms with Gasteiger partial charge in [-0.1, -0.05) is 43.2 Å². The first kappa shape index (κ1) is 16.2. The summed E-state index contributed by atoms with van der Waals surface area (Å²) in [5.41, 5.74) is 0.107. The van der Waals surface area contributed by atoms with Crippen molar-refractivity contribution in [3.63, 3.8) is 0 Å². The largest absolute Gasteiger partial charge is 0.385 e. The van der Waals surface area contributed by atoms with Gasteiger partial charge in [-0.2, -0.15) is 0 Å². The highest BCUT2D eigenvalue weighted by molar-refractivity contribution is 5.90. The van der Waals surface area contributed by atoms with E-state index in [1.807, 2.05) is 35.2 Å². The van der Waals surface area contributed by atoms with Crippen LogP contribution in [0.2, 0.25) is 0 Å². The molecule has 5 nitrogen and oxygen atoms in total. The zero-order valence-electron chi connectivity index (χ0n) is 14.2. The Morgan fingerprint density at radius 1 is 1.08 bits per heavy atom. The van der Waals surface area contributed by atoms with E-state index in [0.717, 1.165) is 31.2 Å². The van der Waals surface area contributed by atoms with Crippen LogP contribution in [-0.4, -0.2) is 38.5 Å². The topological polar surface area (TPSA) is 66.3 Å². The summed E-state index contributed by atoms with van der Waals surface area (Å²) in [6.45, 7) is 0.531. The average Bonchev–Trinajstić information content (AvgIpc) is 2.69. The molecule has 1 aromatic carbocycles. The Balaban J connectivity index is 1.66. The van der Waals surface area contributed by atoms with Crippen LogP contribution in [0.5, 0.6) is 0 Å². The van der Waals surface area contributed by atoms with E-state index in [0.29, 0.717) is 13.0 Å². The predicted molar refractivity (Wildman–Crippen MR) is 93.8 cm³/mol. The van der Waals surface area contributed by atoms with Crippen molar-refractivity contribution in [1.29, 1.82) is 0 Å². The Morgan fingerprint density at radius 3 is 2.56 bits per heavy atom. The van der Waals surface area contributed by atoms with Crippen LogP contribution in [0.4, 0.5) is 0 Å². The monoisotopic (exact) mass is 337 g/mol. The zero-order chi connectivity index (χ0) is 17.3. The van der Waals surface area contributed by atoms with Gasteiger partial charge in [0.2, 0.25) is 5.82 Å². The minimum Gasteiger partial charge on any atom is -0.385 e. The first-order valence-electron chi connectivity index (χ1n) is 9.06. The van der Waals surface area contributed by atoms with Gasteiger partial charge in [0.05, 0.1) is 5.60 Å². The van der Waals surface area contributed by atoms with Gasteiger partial charge in [-0.3, -0.25) is 4.79 Å². The molecule has 1 aliphatic carbocycles. The second-order valence-corrected chi connectivity index (χ2v) is 7.07. The van der Waals surface area contributed by atoms with Crippen LogP contribution < -0.4 is 0 Å². The Morgan fingerprint density at radius 2 is 1.80 bits per heavy atom. The summed E-state index contributed by atoms with van der Waals surface area (Å²) in [7, 11) is 0. The standard InChI is InChI=1S/C20H23N3O2/c24-19(18-21-12-6-13-22-18)23-14-11-20(25,15-7-2-1-3-8-15)16-9-4-5-10-17(16)23/h1-3,6-8,12-13,16-17,25H,4-5,9-11,14H2/t16-,17?,20+/m0/s1. The highest BCUT2D eigenvalue weighted by Crippen LogP contribution is 2.47. The number of hydrogen-bond acceptors (Lipinski definition) is 4. The van der Waals surface area contributed by atoms with Crippen molar-refractivity contribution in [2.75, 3.05) is 6.54 Å². The minimum atomic E-state index is -0.860. The van der Waals surface area contributed by atoms with Crippen LogP contribution >= 0.6 is 0 Å². The van der Waals surface area contributed by atoms with E-state index in [-0.39, 0.29) is 23.7 Å². The van der Waals surface area contributed by atoms with Crippen LogP contribution in [0.1, 0.15) is 48.3 Å². The number of benzene rings is 1. The van der Waals surface area contributed by atoms with Crippen molar-refractivity contribution in [1.82, 2.24) is 14.9 Å². The molecular weight excluding hydrogens is 314 g/mol. The summed E-state index contributed by atoms with van der Waals surface area (Å²) >= 11 is 0. The van der Waals surface area contributed by atoms with Crippen molar-refractivity contribution >= 4 is 5.91 Å². The molecule has 2 fully saturated rings. The van der Waals surface area contributed by atoms with Gasteiger partial charge >= 0.3 is 0 Å². The molecule has 2 aromatic rings. The third-order valence-corrected chi connectivity index (χ3v) is 5.77. The van der Waals surface area contributed by atoms with E-state index in [1.54, 1.807) is 18.5 Å². The number of carbonyl (C=O) groups is 1. The molecule has 1 unspecified atom stereocenters. The Bertz CT molecular complexity index is 737. The molecule has 1 aliphatic heterocycles. The van der Waals surface area contributed by atoms with Gasteiger partial charge in [0.25, 0.3) is 5.91 Å². The lowest BCUT2D eigenvalue weighted by Crippen LogP contribution is -2.59.